The van der Waals surface area contributed by atoms with Crippen molar-refractivity contribution >= 4 is 28.9 Å². The molecule has 0 aromatic heterocycles. The third-order valence-electron chi connectivity index (χ3n) is 4.15. The molecule has 0 radical (unpaired) electrons. The average Bonchev–Trinajstić information content (AvgIpc) is 2.82. The lowest BCUT2D eigenvalue weighted by Gasteiger charge is -2.33. The maximum absolute atomic E-state index is 6.35. The van der Waals surface area contributed by atoms with E-state index >= 15 is 0 Å². The Labute approximate surface area is 129 Å². The highest BCUT2D eigenvalue weighted by atomic mass is 35.5. The SMILES string of the molecule is CCCN1CCC2=NNC(c3ccc(Cl)cc3Cl)C2C1. The molecule has 0 spiro atoms. The molecular weight excluding hydrogens is 293 g/mol. The highest BCUT2D eigenvalue weighted by Gasteiger charge is 2.37. The number of piperidine rings is 1. The quantitative estimate of drug-likeness (QED) is 0.921. The number of fused-ring (bicyclic) bond motifs is 1. The molecule has 2 atom stereocenters. The summed E-state index contributed by atoms with van der Waals surface area (Å²) in [5.74, 6) is 0.425. The first-order valence-corrected chi connectivity index (χ1v) is 7.94. The van der Waals surface area contributed by atoms with Crippen molar-refractivity contribution in [3.8, 4) is 0 Å². The zero-order valence-electron chi connectivity index (χ0n) is 11.6. The van der Waals surface area contributed by atoms with E-state index in [9.17, 15) is 0 Å². The summed E-state index contributed by atoms with van der Waals surface area (Å²) in [6, 6.07) is 5.90. The minimum atomic E-state index is 0.175. The topological polar surface area (TPSA) is 27.6 Å². The average molecular weight is 312 g/mol. The van der Waals surface area contributed by atoms with E-state index < -0.39 is 0 Å². The Bertz CT molecular complexity index is 530. The predicted octanol–water partition coefficient (Wildman–Crippen LogP) is 3.73. The van der Waals surface area contributed by atoms with Gasteiger partial charge in [0.25, 0.3) is 0 Å². The molecule has 3 rings (SSSR count). The van der Waals surface area contributed by atoms with E-state index in [4.69, 9.17) is 23.2 Å². The summed E-state index contributed by atoms with van der Waals surface area (Å²) in [6.07, 6.45) is 2.25. The second-order valence-electron chi connectivity index (χ2n) is 5.53. The minimum Gasteiger partial charge on any atom is -0.302 e. The molecule has 2 unspecified atom stereocenters. The fraction of sp³-hybridized carbons (Fsp3) is 0.533. The fourth-order valence-electron chi connectivity index (χ4n) is 3.17. The van der Waals surface area contributed by atoms with Crippen molar-refractivity contribution < 1.29 is 0 Å². The van der Waals surface area contributed by atoms with Gasteiger partial charge in [-0.2, -0.15) is 5.10 Å². The van der Waals surface area contributed by atoms with E-state index in [1.807, 2.05) is 18.2 Å². The molecule has 1 fully saturated rings. The van der Waals surface area contributed by atoms with Crippen molar-refractivity contribution in [3.63, 3.8) is 0 Å². The number of hydrogen-bond donors (Lipinski definition) is 1. The number of benzene rings is 1. The van der Waals surface area contributed by atoms with Crippen LogP contribution in [0.15, 0.2) is 23.3 Å². The molecule has 1 N–H and O–H groups in total. The van der Waals surface area contributed by atoms with E-state index in [2.05, 4.69) is 22.4 Å². The normalized spacial score (nSPS) is 26.1. The van der Waals surface area contributed by atoms with Crippen molar-refractivity contribution in [2.75, 3.05) is 19.6 Å². The van der Waals surface area contributed by atoms with Gasteiger partial charge in [-0.25, -0.2) is 0 Å². The van der Waals surface area contributed by atoms with Gasteiger partial charge in [0.15, 0.2) is 0 Å². The van der Waals surface area contributed by atoms with E-state index in [1.165, 1.54) is 12.1 Å². The molecule has 1 saturated heterocycles. The molecule has 3 nitrogen and oxygen atoms in total. The van der Waals surface area contributed by atoms with Gasteiger partial charge in [0.1, 0.15) is 0 Å². The molecule has 1 aromatic carbocycles. The van der Waals surface area contributed by atoms with Crippen LogP contribution in [0.4, 0.5) is 0 Å². The van der Waals surface area contributed by atoms with Gasteiger partial charge < -0.3 is 10.3 Å². The molecule has 0 saturated carbocycles. The molecule has 2 aliphatic heterocycles. The van der Waals surface area contributed by atoms with Crippen LogP contribution in [0.5, 0.6) is 0 Å². The van der Waals surface area contributed by atoms with Gasteiger partial charge in [-0.3, -0.25) is 0 Å². The predicted molar refractivity (Wildman–Crippen MR) is 84.6 cm³/mol. The van der Waals surface area contributed by atoms with Crippen LogP contribution in [0.2, 0.25) is 10.0 Å². The summed E-state index contributed by atoms with van der Waals surface area (Å²) in [6.45, 7) is 5.56. The summed E-state index contributed by atoms with van der Waals surface area (Å²) in [4.78, 5) is 2.52. The van der Waals surface area contributed by atoms with E-state index in [0.29, 0.717) is 10.9 Å². The monoisotopic (exact) mass is 311 g/mol. The maximum Gasteiger partial charge on any atom is 0.0797 e. The van der Waals surface area contributed by atoms with Crippen LogP contribution in [-0.2, 0) is 0 Å². The van der Waals surface area contributed by atoms with Gasteiger partial charge >= 0.3 is 0 Å². The first-order chi connectivity index (χ1) is 9.69. The van der Waals surface area contributed by atoms with Gasteiger partial charge in [-0.05, 0) is 30.7 Å². The molecule has 0 aliphatic carbocycles. The Kier molecular flexibility index (Phi) is 4.20. The Morgan fingerprint density at radius 2 is 2.25 bits per heavy atom. The van der Waals surface area contributed by atoms with Crippen LogP contribution < -0.4 is 5.43 Å². The summed E-state index contributed by atoms with van der Waals surface area (Å²) in [5, 5.41) is 5.92. The molecule has 0 amide bonds. The summed E-state index contributed by atoms with van der Waals surface area (Å²) in [5.41, 5.74) is 5.65. The minimum absolute atomic E-state index is 0.175. The van der Waals surface area contributed by atoms with Crippen LogP contribution >= 0.6 is 23.2 Å². The van der Waals surface area contributed by atoms with Crippen molar-refractivity contribution in [2.45, 2.75) is 25.8 Å². The lowest BCUT2D eigenvalue weighted by Crippen LogP contribution is -2.42. The van der Waals surface area contributed by atoms with Gasteiger partial charge in [0, 0.05) is 41.2 Å². The second kappa shape index (κ2) is 5.92. The fourth-order valence-corrected chi connectivity index (χ4v) is 3.70. The molecule has 5 heteroatoms. The first-order valence-electron chi connectivity index (χ1n) is 7.18. The zero-order valence-corrected chi connectivity index (χ0v) is 13.1. The number of nitrogens with one attached hydrogen (secondary N) is 1. The smallest absolute Gasteiger partial charge is 0.0797 e. The summed E-state index contributed by atoms with van der Waals surface area (Å²) >= 11 is 12.3. The molecule has 2 heterocycles. The number of likely N-dealkylation sites (tertiary alicyclic amines) is 1. The standard InChI is InChI=1S/C15H19Cl2N3/c1-2-6-20-7-5-14-12(9-20)15(19-18-14)11-4-3-10(16)8-13(11)17/h3-4,8,12,15,19H,2,5-7,9H2,1H3. The van der Waals surface area contributed by atoms with Crippen molar-refractivity contribution in [3.05, 3.63) is 33.8 Å². The number of nitrogens with zero attached hydrogens (tertiary/aromatic N) is 2. The highest BCUT2D eigenvalue weighted by Crippen LogP contribution is 2.36. The Hall–Kier alpha value is -0.770. The summed E-state index contributed by atoms with van der Waals surface area (Å²) < 4.78 is 0. The number of hydrogen-bond acceptors (Lipinski definition) is 3. The lowest BCUT2D eigenvalue weighted by atomic mass is 9.86. The van der Waals surface area contributed by atoms with Crippen molar-refractivity contribution in [1.82, 2.24) is 10.3 Å². The van der Waals surface area contributed by atoms with E-state index in [-0.39, 0.29) is 6.04 Å². The van der Waals surface area contributed by atoms with Gasteiger partial charge in [0.2, 0.25) is 0 Å². The Balaban J connectivity index is 1.81. The van der Waals surface area contributed by atoms with Crippen LogP contribution in [0, 0.1) is 5.92 Å². The molecule has 108 valence electrons. The van der Waals surface area contributed by atoms with Crippen LogP contribution in [0.3, 0.4) is 0 Å². The maximum atomic E-state index is 6.35. The number of rotatable bonds is 3. The molecule has 1 aromatic rings. The van der Waals surface area contributed by atoms with Crippen LogP contribution in [0.1, 0.15) is 31.4 Å². The molecule has 0 bridgehead atoms. The summed E-state index contributed by atoms with van der Waals surface area (Å²) in [7, 11) is 0. The largest absolute Gasteiger partial charge is 0.302 e. The van der Waals surface area contributed by atoms with Crippen LogP contribution in [0.25, 0.3) is 0 Å². The van der Waals surface area contributed by atoms with Crippen molar-refractivity contribution in [2.24, 2.45) is 11.0 Å². The Morgan fingerprint density at radius 3 is 3.00 bits per heavy atom. The highest BCUT2D eigenvalue weighted by molar-refractivity contribution is 6.35. The molecule has 20 heavy (non-hydrogen) atoms. The molecular formula is C15H19Cl2N3. The van der Waals surface area contributed by atoms with Crippen LogP contribution in [-0.4, -0.2) is 30.2 Å². The van der Waals surface area contributed by atoms with E-state index in [1.54, 1.807) is 0 Å². The van der Waals surface area contributed by atoms with Gasteiger partial charge in [-0.1, -0.05) is 36.2 Å². The third-order valence-corrected chi connectivity index (χ3v) is 4.72. The second-order valence-corrected chi connectivity index (χ2v) is 6.38. The Morgan fingerprint density at radius 1 is 1.40 bits per heavy atom. The lowest BCUT2D eigenvalue weighted by molar-refractivity contribution is 0.228. The zero-order chi connectivity index (χ0) is 14.1. The molecule has 2 aliphatic rings. The van der Waals surface area contributed by atoms with Gasteiger partial charge in [-0.15, -0.1) is 0 Å². The van der Waals surface area contributed by atoms with Crippen molar-refractivity contribution in [1.29, 1.82) is 0 Å². The number of hydrazone groups is 1. The third kappa shape index (κ3) is 2.67. The van der Waals surface area contributed by atoms with Gasteiger partial charge in [0.05, 0.1) is 6.04 Å². The number of halogens is 2. The first kappa shape index (κ1) is 14.2. The van der Waals surface area contributed by atoms with E-state index in [0.717, 1.165) is 36.6 Å².